The zero-order chi connectivity index (χ0) is 38.3. The van der Waals surface area contributed by atoms with Crippen LogP contribution in [0.5, 0.6) is 0 Å². The van der Waals surface area contributed by atoms with E-state index in [0.717, 1.165) is 0 Å². The van der Waals surface area contributed by atoms with Crippen LogP contribution in [0.4, 0.5) is 0 Å². The van der Waals surface area contributed by atoms with E-state index in [1.54, 1.807) is 33.4 Å². The molecule has 0 aromatic heterocycles. The van der Waals surface area contributed by atoms with Gasteiger partial charge in [0, 0.05) is 0 Å². The van der Waals surface area contributed by atoms with Gasteiger partial charge in [-0.15, -0.1) is 0 Å². The van der Waals surface area contributed by atoms with Crippen LogP contribution >= 0.6 is 0 Å². The molecule has 6 aromatic rings. The number of unbranched alkanes of at least 4 members (excludes halogenated alkanes) is 4. The van der Waals surface area contributed by atoms with Crippen molar-refractivity contribution in [3.05, 3.63) is 191 Å². The summed E-state index contributed by atoms with van der Waals surface area (Å²) in [5, 5.41) is 3.63. The third kappa shape index (κ3) is 6.27. The van der Waals surface area contributed by atoms with Crippen LogP contribution in [-0.4, -0.2) is 8.07 Å². The number of hydrogen-bond donors (Lipinski definition) is 0. The van der Waals surface area contributed by atoms with E-state index in [-0.39, 0.29) is 0 Å². The van der Waals surface area contributed by atoms with Gasteiger partial charge in [0.05, 0.1) is 0 Å². The summed E-state index contributed by atoms with van der Waals surface area (Å²) >= 11 is -3.50. The summed E-state index contributed by atoms with van der Waals surface area (Å²) in [5.41, 5.74) is 18.2. The van der Waals surface area contributed by atoms with Crippen molar-refractivity contribution in [2.24, 2.45) is 0 Å². The molecule has 2 atom stereocenters. The number of rotatable bonds is 12. The SMILES string of the molecule is CCCCC[Si]1(CCCCC)C2=C(c3ccc(-c4ccccc4)cc3)[CH](c3ccccc32)[Hf]([CH3])([CH3])[CH]2C(c3ccc(-c4ccccc4)cc3)=C1c1ccccc12. The molecular weight excluding hydrogens is 855 g/mol. The first kappa shape index (κ1) is 37.5. The van der Waals surface area contributed by atoms with Gasteiger partial charge in [-0.2, -0.15) is 0 Å². The van der Waals surface area contributed by atoms with Crippen LogP contribution in [0, 0.1) is 0 Å². The fourth-order valence-corrected chi connectivity index (χ4v) is 34.9. The maximum absolute atomic E-state index is 3.50. The Balaban J connectivity index is 1.37. The molecule has 9 rings (SSSR count). The van der Waals surface area contributed by atoms with E-state index in [4.69, 9.17) is 0 Å². The number of fused-ring (bicyclic) bond motifs is 8. The molecule has 2 heteroatoms. The van der Waals surface area contributed by atoms with Gasteiger partial charge in [-0.25, -0.2) is 0 Å². The van der Waals surface area contributed by atoms with Crippen LogP contribution < -0.4 is 0 Å². The fraction of sp³-hybridized carbons (Fsp3) is 0.259. The molecule has 4 bridgehead atoms. The van der Waals surface area contributed by atoms with Crippen molar-refractivity contribution in [1.29, 1.82) is 0 Å². The van der Waals surface area contributed by atoms with Gasteiger partial charge in [-0.1, -0.05) is 0 Å². The molecular formula is C54H56HfSi. The Morgan fingerprint density at radius 1 is 0.393 bits per heavy atom. The molecule has 3 aliphatic rings. The zero-order valence-electron chi connectivity index (χ0n) is 33.8. The third-order valence-electron chi connectivity index (χ3n) is 13.7. The van der Waals surface area contributed by atoms with E-state index in [2.05, 4.69) is 181 Å². The number of hydrogen-bond acceptors (Lipinski definition) is 0. The summed E-state index contributed by atoms with van der Waals surface area (Å²) in [6.45, 7) is 4.78. The summed E-state index contributed by atoms with van der Waals surface area (Å²) in [5.74, 6) is 0. The van der Waals surface area contributed by atoms with Crippen LogP contribution in [0.1, 0.15) is 93.1 Å². The molecule has 0 amide bonds. The maximum atomic E-state index is 2.83. The molecule has 0 spiro atoms. The first-order valence-electron chi connectivity index (χ1n) is 21.5. The molecule has 0 N–H and O–H groups in total. The van der Waals surface area contributed by atoms with E-state index < -0.39 is 28.0 Å². The van der Waals surface area contributed by atoms with Gasteiger partial charge in [0.15, 0.2) is 0 Å². The first-order chi connectivity index (χ1) is 27.5. The molecule has 0 saturated heterocycles. The Labute approximate surface area is 341 Å². The van der Waals surface area contributed by atoms with Crippen molar-refractivity contribution in [3.63, 3.8) is 0 Å². The van der Waals surface area contributed by atoms with Crippen molar-refractivity contribution in [2.45, 2.75) is 81.2 Å². The van der Waals surface area contributed by atoms with Gasteiger partial charge < -0.3 is 0 Å². The van der Waals surface area contributed by atoms with Crippen LogP contribution in [0.15, 0.2) is 158 Å². The van der Waals surface area contributed by atoms with E-state index in [1.165, 1.54) is 84.0 Å². The average molecular weight is 912 g/mol. The quantitative estimate of drug-likeness (QED) is 0.0848. The van der Waals surface area contributed by atoms with Crippen LogP contribution in [-0.2, 0) is 20.0 Å². The summed E-state index contributed by atoms with van der Waals surface area (Å²) in [6, 6.07) is 64.0. The second-order valence-electron chi connectivity index (χ2n) is 17.3. The Hall–Kier alpha value is -4.11. The molecule has 280 valence electrons. The molecule has 56 heavy (non-hydrogen) atoms. The molecule has 6 aromatic carbocycles. The topological polar surface area (TPSA) is 0 Å². The van der Waals surface area contributed by atoms with Gasteiger partial charge in [0.2, 0.25) is 0 Å². The van der Waals surface area contributed by atoms with Gasteiger partial charge in [0.1, 0.15) is 0 Å². The molecule has 2 unspecified atom stereocenters. The molecule has 0 radical (unpaired) electrons. The van der Waals surface area contributed by atoms with Crippen molar-refractivity contribution in [1.82, 2.24) is 0 Å². The summed E-state index contributed by atoms with van der Waals surface area (Å²) in [4.78, 5) is 0. The Morgan fingerprint density at radius 2 is 0.732 bits per heavy atom. The van der Waals surface area contributed by atoms with Crippen molar-refractivity contribution in [2.75, 3.05) is 0 Å². The minimum absolute atomic E-state index is 0.497. The van der Waals surface area contributed by atoms with Gasteiger partial charge in [-0.3, -0.25) is 0 Å². The van der Waals surface area contributed by atoms with Crippen LogP contribution in [0.25, 0.3) is 43.8 Å². The van der Waals surface area contributed by atoms with Gasteiger partial charge in [0.25, 0.3) is 0 Å². The zero-order valence-corrected chi connectivity index (χ0v) is 38.4. The van der Waals surface area contributed by atoms with Crippen LogP contribution in [0.3, 0.4) is 0 Å². The first-order valence-corrected chi connectivity index (χ1v) is 35.2. The number of allylic oxidation sites excluding steroid dienone is 2. The summed E-state index contributed by atoms with van der Waals surface area (Å²) < 4.78 is 6.66. The molecule has 0 saturated carbocycles. The van der Waals surface area contributed by atoms with Crippen LogP contribution in [0.2, 0.25) is 21.4 Å². The molecule has 1 aliphatic heterocycles. The monoisotopic (exact) mass is 912 g/mol. The standard InChI is InChI=1S/C52H50Si.2CH3.Hf/c1-3-5-17-35-53(36-18-6-4-2,51-47-25-15-13-23-45(47)37-49(51)43-31-27-41(28-32-43)39-19-9-7-10-20-39)52-48-26-16-14-24-46(48)38-50(52)44-33-29-42(30-34-44)40-21-11-8-12-22-40;;;/h7-16,19-34,37-38H,3-6,17-18,35-36H2,1-2H3;2*1H3;. The predicted octanol–water partition coefficient (Wildman–Crippen LogP) is 15.8. The van der Waals surface area contributed by atoms with E-state index in [1.807, 2.05) is 10.4 Å². The van der Waals surface area contributed by atoms with E-state index >= 15 is 0 Å². The second-order valence-corrected chi connectivity index (χ2v) is 38.7. The molecule has 1 heterocycles. The van der Waals surface area contributed by atoms with E-state index in [0.29, 0.717) is 7.35 Å². The fourth-order valence-electron chi connectivity index (χ4n) is 11.3. The Bertz CT molecular complexity index is 2230. The van der Waals surface area contributed by atoms with Gasteiger partial charge in [-0.05, 0) is 0 Å². The predicted molar refractivity (Wildman–Crippen MR) is 242 cm³/mol. The third-order valence-corrected chi connectivity index (χ3v) is 34.1. The van der Waals surface area contributed by atoms with Crippen molar-refractivity contribution >= 4 is 29.6 Å². The molecule has 0 nitrogen and oxygen atoms in total. The summed E-state index contributed by atoms with van der Waals surface area (Å²) in [6.07, 6.45) is 7.70. The molecule has 0 fully saturated rings. The normalized spacial score (nSPS) is 18.7. The minimum atomic E-state index is -3.50. The second kappa shape index (κ2) is 15.7. The summed E-state index contributed by atoms with van der Waals surface area (Å²) in [7, 11) is -2.43. The average Bonchev–Trinajstić information content (AvgIpc) is 3.81. The Kier molecular flexibility index (Phi) is 10.5. The Morgan fingerprint density at radius 3 is 1.12 bits per heavy atom. The molecule has 2 aliphatic carbocycles. The number of benzene rings is 6. The van der Waals surface area contributed by atoms with Gasteiger partial charge >= 0.3 is 344 Å². The van der Waals surface area contributed by atoms with Crippen molar-refractivity contribution < 1.29 is 20.0 Å². The van der Waals surface area contributed by atoms with Crippen molar-refractivity contribution in [3.8, 4) is 22.3 Å². The van der Waals surface area contributed by atoms with E-state index in [9.17, 15) is 0 Å².